The van der Waals surface area contributed by atoms with Crippen molar-refractivity contribution >= 4 is 11.7 Å². The van der Waals surface area contributed by atoms with Crippen LogP contribution < -0.4 is 5.32 Å². The second kappa shape index (κ2) is 6.00. The predicted octanol–water partition coefficient (Wildman–Crippen LogP) is 0.924. The largest absolute Gasteiger partial charge is 0.507 e. The van der Waals surface area contributed by atoms with Gasteiger partial charge in [-0.2, -0.15) is 0 Å². The predicted molar refractivity (Wildman–Crippen MR) is 71.1 cm³/mol. The molecule has 0 aromatic heterocycles. The Labute approximate surface area is 116 Å². The van der Waals surface area contributed by atoms with Crippen molar-refractivity contribution < 1.29 is 19.1 Å². The molecule has 1 saturated heterocycles. The molecule has 108 valence electrons. The molecule has 0 saturated carbocycles. The molecule has 0 aliphatic carbocycles. The van der Waals surface area contributed by atoms with Gasteiger partial charge in [-0.05, 0) is 37.6 Å². The van der Waals surface area contributed by atoms with E-state index in [1.165, 1.54) is 0 Å². The van der Waals surface area contributed by atoms with E-state index in [2.05, 4.69) is 5.32 Å². The van der Waals surface area contributed by atoms with E-state index in [-0.39, 0.29) is 29.8 Å². The molecule has 0 bridgehead atoms. The van der Waals surface area contributed by atoms with Crippen molar-refractivity contribution in [2.45, 2.75) is 18.9 Å². The van der Waals surface area contributed by atoms with Crippen LogP contribution in [0.2, 0.25) is 0 Å². The van der Waals surface area contributed by atoms with Gasteiger partial charge in [-0.3, -0.25) is 14.5 Å². The van der Waals surface area contributed by atoms with Crippen LogP contribution in [-0.2, 0) is 4.79 Å². The Morgan fingerprint density at radius 1 is 1.50 bits per heavy atom. The number of hydrogen-bond donors (Lipinski definition) is 2. The number of aromatic hydroxyl groups is 1. The lowest BCUT2D eigenvalue weighted by Crippen LogP contribution is -2.44. The zero-order valence-corrected chi connectivity index (χ0v) is 11.2. The number of carbonyl (C=O) groups excluding carboxylic acids is 2. The third-order valence-corrected chi connectivity index (χ3v) is 3.52. The van der Waals surface area contributed by atoms with Gasteiger partial charge in [0.05, 0.1) is 18.2 Å². The average Bonchev–Trinajstić information content (AvgIpc) is 2.88. The van der Waals surface area contributed by atoms with Crippen LogP contribution in [0.5, 0.6) is 5.75 Å². The first kappa shape index (κ1) is 14.5. The van der Waals surface area contributed by atoms with Gasteiger partial charge < -0.3 is 10.4 Å². The van der Waals surface area contributed by atoms with Crippen molar-refractivity contribution in [2.75, 3.05) is 20.1 Å². The molecule has 1 atom stereocenters. The van der Waals surface area contributed by atoms with Crippen molar-refractivity contribution in [2.24, 2.45) is 0 Å². The number of carbonyl (C=O) groups is 2. The number of ketones is 1. The molecule has 5 nitrogen and oxygen atoms in total. The van der Waals surface area contributed by atoms with Gasteiger partial charge in [-0.25, -0.2) is 4.39 Å². The fourth-order valence-corrected chi connectivity index (χ4v) is 2.48. The van der Waals surface area contributed by atoms with Gasteiger partial charge in [0.15, 0.2) is 5.78 Å². The number of phenols is 1. The number of benzene rings is 1. The van der Waals surface area contributed by atoms with Gasteiger partial charge in [-0.1, -0.05) is 0 Å². The lowest BCUT2D eigenvalue weighted by atomic mass is 10.1. The van der Waals surface area contributed by atoms with Crippen molar-refractivity contribution in [3.63, 3.8) is 0 Å². The summed E-state index contributed by atoms with van der Waals surface area (Å²) in [5.74, 6) is -1.33. The minimum Gasteiger partial charge on any atom is -0.507 e. The lowest BCUT2D eigenvalue weighted by molar-refractivity contribution is -0.124. The molecule has 1 aromatic rings. The molecule has 0 radical (unpaired) electrons. The number of amides is 1. The average molecular weight is 280 g/mol. The number of rotatable bonds is 4. The quantitative estimate of drug-likeness (QED) is 0.805. The highest BCUT2D eigenvalue weighted by Gasteiger charge is 2.31. The second-order valence-corrected chi connectivity index (χ2v) is 4.83. The second-order valence-electron chi connectivity index (χ2n) is 4.83. The summed E-state index contributed by atoms with van der Waals surface area (Å²) in [6.45, 7) is 0.634. The van der Waals surface area contributed by atoms with Crippen LogP contribution >= 0.6 is 0 Å². The zero-order valence-electron chi connectivity index (χ0n) is 11.2. The summed E-state index contributed by atoms with van der Waals surface area (Å²) >= 11 is 0. The standard InChI is InChI=1S/C14H17FN2O3/c1-16-14(20)11-3-2-6-17(11)8-13(19)10-7-9(15)4-5-12(10)18/h4-5,7,11,18H,2-3,6,8H2,1H3,(H,16,20). The van der Waals surface area contributed by atoms with Gasteiger partial charge in [0.2, 0.25) is 5.91 Å². The molecule has 0 spiro atoms. The molecular formula is C14H17FN2O3. The number of hydrogen-bond acceptors (Lipinski definition) is 4. The highest BCUT2D eigenvalue weighted by Crippen LogP contribution is 2.22. The highest BCUT2D eigenvalue weighted by atomic mass is 19.1. The number of likely N-dealkylation sites (N-methyl/N-ethyl adjacent to an activating group) is 1. The molecule has 2 N–H and O–H groups in total. The van der Waals surface area contributed by atoms with Crippen LogP contribution in [-0.4, -0.2) is 47.9 Å². The van der Waals surface area contributed by atoms with Crippen molar-refractivity contribution in [3.8, 4) is 5.75 Å². The summed E-state index contributed by atoms with van der Waals surface area (Å²) in [6, 6.07) is 2.93. The van der Waals surface area contributed by atoms with E-state index in [9.17, 15) is 19.1 Å². The van der Waals surface area contributed by atoms with Crippen LogP contribution in [0.25, 0.3) is 0 Å². The molecule has 1 aliphatic heterocycles. The highest BCUT2D eigenvalue weighted by molar-refractivity contribution is 6.00. The van der Waals surface area contributed by atoms with Crippen molar-refractivity contribution in [1.82, 2.24) is 10.2 Å². The summed E-state index contributed by atoms with van der Waals surface area (Å²) in [7, 11) is 1.55. The number of nitrogens with zero attached hydrogens (tertiary/aromatic N) is 1. The Kier molecular flexibility index (Phi) is 4.34. The SMILES string of the molecule is CNC(=O)C1CCCN1CC(=O)c1cc(F)ccc1O. The molecule has 1 heterocycles. The summed E-state index contributed by atoms with van der Waals surface area (Å²) in [6.07, 6.45) is 1.53. The number of likely N-dealkylation sites (tertiary alicyclic amines) is 1. The molecule has 2 rings (SSSR count). The van der Waals surface area contributed by atoms with Gasteiger partial charge in [0.1, 0.15) is 11.6 Å². The van der Waals surface area contributed by atoms with Crippen LogP contribution in [0.4, 0.5) is 4.39 Å². The van der Waals surface area contributed by atoms with Gasteiger partial charge in [0.25, 0.3) is 0 Å². The lowest BCUT2D eigenvalue weighted by Gasteiger charge is -2.22. The summed E-state index contributed by atoms with van der Waals surface area (Å²) in [5, 5.41) is 12.2. The summed E-state index contributed by atoms with van der Waals surface area (Å²) < 4.78 is 13.1. The van der Waals surface area contributed by atoms with E-state index < -0.39 is 11.6 Å². The maximum Gasteiger partial charge on any atom is 0.237 e. The maximum absolute atomic E-state index is 13.1. The Balaban J connectivity index is 2.11. The normalized spacial score (nSPS) is 19.0. The summed E-state index contributed by atoms with van der Waals surface area (Å²) in [4.78, 5) is 25.6. The first-order valence-corrected chi connectivity index (χ1v) is 6.50. The van der Waals surface area contributed by atoms with E-state index >= 15 is 0 Å². The van der Waals surface area contributed by atoms with Gasteiger partial charge >= 0.3 is 0 Å². The third kappa shape index (κ3) is 2.96. The number of nitrogens with one attached hydrogen (secondary N) is 1. The van der Waals surface area contributed by atoms with Crippen molar-refractivity contribution in [1.29, 1.82) is 0 Å². The van der Waals surface area contributed by atoms with Crippen LogP contribution in [0.15, 0.2) is 18.2 Å². The first-order valence-electron chi connectivity index (χ1n) is 6.50. The minimum absolute atomic E-state index is 0.00486. The minimum atomic E-state index is -0.574. The topological polar surface area (TPSA) is 69.6 Å². The van der Waals surface area contributed by atoms with Gasteiger partial charge in [0, 0.05) is 7.05 Å². The molecule has 1 aliphatic rings. The zero-order chi connectivity index (χ0) is 14.7. The molecule has 1 unspecified atom stereocenters. The van der Waals surface area contributed by atoms with Crippen LogP contribution in [0.1, 0.15) is 23.2 Å². The molecule has 6 heteroatoms. The fraction of sp³-hybridized carbons (Fsp3) is 0.429. The monoisotopic (exact) mass is 280 g/mol. The Bertz CT molecular complexity index is 533. The van der Waals surface area contributed by atoms with Crippen molar-refractivity contribution in [3.05, 3.63) is 29.6 Å². The first-order chi connectivity index (χ1) is 9.52. The summed E-state index contributed by atoms with van der Waals surface area (Å²) in [5.41, 5.74) is -0.0486. The number of Topliss-reactive ketones (excluding diaryl/α,β-unsaturated/α-hetero) is 1. The smallest absolute Gasteiger partial charge is 0.237 e. The Morgan fingerprint density at radius 2 is 2.25 bits per heavy atom. The van der Waals surface area contributed by atoms with E-state index in [0.717, 1.165) is 24.6 Å². The van der Waals surface area contributed by atoms with E-state index in [1.807, 2.05) is 0 Å². The van der Waals surface area contributed by atoms with E-state index in [4.69, 9.17) is 0 Å². The fourth-order valence-electron chi connectivity index (χ4n) is 2.48. The molecule has 1 amide bonds. The van der Waals surface area contributed by atoms with E-state index in [0.29, 0.717) is 13.0 Å². The Hall–Kier alpha value is -1.95. The molecule has 20 heavy (non-hydrogen) atoms. The maximum atomic E-state index is 13.1. The molecule has 1 aromatic carbocycles. The molecular weight excluding hydrogens is 263 g/mol. The van der Waals surface area contributed by atoms with E-state index in [1.54, 1.807) is 11.9 Å². The third-order valence-electron chi connectivity index (χ3n) is 3.52. The number of phenolic OH excluding ortho intramolecular Hbond substituents is 1. The van der Waals surface area contributed by atoms with Crippen LogP contribution in [0.3, 0.4) is 0 Å². The Morgan fingerprint density at radius 3 is 2.95 bits per heavy atom. The number of halogens is 1. The molecule has 1 fully saturated rings. The van der Waals surface area contributed by atoms with Gasteiger partial charge in [-0.15, -0.1) is 0 Å². The van der Waals surface area contributed by atoms with Crippen LogP contribution in [0, 0.1) is 5.82 Å².